The molecule has 0 spiro atoms. The molecule has 120 valence electrons. The molecule has 0 amide bonds. The van der Waals surface area contributed by atoms with E-state index >= 15 is 0 Å². The molecule has 0 aliphatic rings. The lowest BCUT2D eigenvalue weighted by atomic mass is 10.1. The van der Waals surface area contributed by atoms with Crippen molar-refractivity contribution in [3.63, 3.8) is 0 Å². The highest BCUT2D eigenvalue weighted by atomic mass is 32.1. The fourth-order valence-corrected chi connectivity index (χ4v) is 3.50. The van der Waals surface area contributed by atoms with Crippen LogP contribution in [0.2, 0.25) is 0 Å². The minimum atomic E-state index is -0.533. The third-order valence-corrected chi connectivity index (χ3v) is 4.70. The van der Waals surface area contributed by atoms with E-state index in [9.17, 15) is 10.1 Å². The summed E-state index contributed by atoms with van der Waals surface area (Å²) in [6.07, 6.45) is 1.42. The van der Waals surface area contributed by atoms with Crippen LogP contribution < -0.4 is 4.84 Å². The summed E-state index contributed by atoms with van der Waals surface area (Å²) in [6, 6.07) is 18.7. The average molecular weight is 345 g/mol. The molecule has 0 aliphatic carbocycles. The number of carbonyl (C=O) groups is 1. The lowest BCUT2D eigenvalue weighted by Gasteiger charge is -2.02. The Labute approximate surface area is 147 Å². The first-order valence-electron chi connectivity index (χ1n) is 7.50. The van der Waals surface area contributed by atoms with Crippen LogP contribution in [-0.2, 0) is 0 Å². The summed E-state index contributed by atoms with van der Waals surface area (Å²) in [6.45, 7) is 0. The molecule has 0 fully saturated rings. The summed E-state index contributed by atoms with van der Waals surface area (Å²) in [7, 11) is 0. The van der Waals surface area contributed by atoms with Gasteiger partial charge >= 0.3 is 5.97 Å². The smallest absolute Gasteiger partial charge is 0.314 e. The molecule has 2 heterocycles. The number of nitriles is 1. The molecule has 0 bridgehead atoms. The molecule has 0 radical (unpaired) electrons. The fourth-order valence-electron chi connectivity index (χ4n) is 2.55. The summed E-state index contributed by atoms with van der Waals surface area (Å²) < 4.78 is 1.11. The van der Waals surface area contributed by atoms with E-state index in [0.717, 1.165) is 20.5 Å². The second kappa shape index (κ2) is 6.23. The third-order valence-electron chi connectivity index (χ3n) is 3.74. The molecule has 0 saturated heterocycles. The maximum absolute atomic E-state index is 12.2. The van der Waals surface area contributed by atoms with Crippen LogP contribution in [0.3, 0.4) is 0 Å². The van der Waals surface area contributed by atoms with Gasteiger partial charge in [-0.25, -0.2) is 4.79 Å². The lowest BCUT2D eigenvalue weighted by molar-refractivity contribution is 0.0396. The Morgan fingerprint density at radius 3 is 2.68 bits per heavy atom. The average Bonchev–Trinajstić information content (AvgIpc) is 3.25. The van der Waals surface area contributed by atoms with Gasteiger partial charge in [-0.15, -0.1) is 16.4 Å². The van der Waals surface area contributed by atoms with Gasteiger partial charge in [0.2, 0.25) is 0 Å². The Hall–Kier alpha value is -3.43. The van der Waals surface area contributed by atoms with Crippen molar-refractivity contribution in [1.29, 1.82) is 5.26 Å². The fraction of sp³-hybridized carbons (Fsp3) is 0. The number of hydrogen-bond donors (Lipinski definition) is 0. The van der Waals surface area contributed by atoms with Gasteiger partial charge in [0.15, 0.2) is 0 Å². The van der Waals surface area contributed by atoms with Gasteiger partial charge in [0.05, 0.1) is 11.8 Å². The van der Waals surface area contributed by atoms with E-state index in [-0.39, 0.29) is 0 Å². The molecule has 5 nitrogen and oxygen atoms in total. The molecule has 6 heteroatoms. The predicted octanol–water partition coefficient (Wildman–Crippen LogP) is 3.91. The zero-order valence-electron chi connectivity index (χ0n) is 12.9. The Morgan fingerprint density at radius 1 is 1.12 bits per heavy atom. The van der Waals surface area contributed by atoms with Crippen molar-refractivity contribution in [1.82, 2.24) is 9.94 Å². The zero-order valence-corrected chi connectivity index (χ0v) is 13.7. The highest BCUT2D eigenvalue weighted by Gasteiger charge is 2.17. The van der Waals surface area contributed by atoms with Gasteiger partial charge in [-0.2, -0.15) is 5.26 Å². The Morgan fingerprint density at radius 2 is 1.88 bits per heavy atom. The molecule has 4 rings (SSSR count). The minimum Gasteiger partial charge on any atom is -0.314 e. The van der Waals surface area contributed by atoms with Crippen LogP contribution in [-0.4, -0.2) is 15.9 Å². The van der Waals surface area contributed by atoms with Gasteiger partial charge in [-0.05, 0) is 18.2 Å². The minimum absolute atomic E-state index is 0.351. The van der Waals surface area contributed by atoms with E-state index < -0.39 is 5.97 Å². The predicted molar refractivity (Wildman–Crippen MR) is 95.1 cm³/mol. The van der Waals surface area contributed by atoms with Crippen LogP contribution in [0.15, 0.2) is 66.2 Å². The molecule has 0 N–H and O–H groups in total. The third kappa shape index (κ3) is 2.77. The Balaban J connectivity index is 1.71. The second-order valence-electron chi connectivity index (χ2n) is 5.30. The van der Waals surface area contributed by atoms with E-state index in [1.54, 1.807) is 35.6 Å². The number of fused-ring (bicyclic) bond motifs is 1. The molecule has 2 aromatic heterocycles. The maximum atomic E-state index is 12.2. The van der Waals surface area contributed by atoms with Gasteiger partial charge in [0.1, 0.15) is 17.3 Å². The van der Waals surface area contributed by atoms with Gasteiger partial charge in [-0.1, -0.05) is 41.2 Å². The van der Waals surface area contributed by atoms with E-state index in [0.29, 0.717) is 16.8 Å². The van der Waals surface area contributed by atoms with Crippen LogP contribution in [0.1, 0.15) is 15.9 Å². The zero-order chi connectivity index (χ0) is 17.2. The first-order chi connectivity index (χ1) is 12.3. The largest absolute Gasteiger partial charge is 0.365 e. The number of rotatable bonds is 3. The molecule has 2 aromatic carbocycles. The molecule has 0 unspecified atom stereocenters. The van der Waals surface area contributed by atoms with Crippen molar-refractivity contribution in [2.24, 2.45) is 0 Å². The monoisotopic (exact) mass is 345 g/mol. The summed E-state index contributed by atoms with van der Waals surface area (Å²) in [5.74, 6) is -0.533. The van der Waals surface area contributed by atoms with Gasteiger partial charge in [-0.3, -0.25) is 0 Å². The van der Waals surface area contributed by atoms with Crippen LogP contribution in [0, 0.1) is 11.3 Å². The van der Waals surface area contributed by atoms with Crippen molar-refractivity contribution in [3.05, 3.63) is 77.3 Å². The molecule has 4 aromatic rings. The van der Waals surface area contributed by atoms with E-state index in [1.165, 1.54) is 6.20 Å². The highest BCUT2D eigenvalue weighted by molar-refractivity contribution is 7.17. The van der Waals surface area contributed by atoms with Crippen molar-refractivity contribution in [2.45, 2.75) is 0 Å². The number of carbonyl (C=O) groups excluding carboxylic acids is 1. The summed E-state index contributed by atoms with van der Waals surface area (Å²) in [4.78, 5) is 18.5. The van der Waals surface area contributed by atoms with Crippen molar-refractivity contribution in [3.8, 4) is 17.3 Å². The first kappa shape index (κ1) is 15.1. The SMILES string of the molecule is N#Cc1cn(OC(=O)c2ccccc2)nc1-c1csc2ccccc12. The Bertz CT molecular complexity index is 1110. The lowest BCUT2D eigenvalue weighted by Crippen LogP contribution is -2.20. The van der Waals surface area contributed by atoms with Gasteiger partial charge in [0, 0.05) is 21.0 Å². The van der Waals surface area contributed by atoms with E-state index in [1.807, 2.05) is 35.7 Å². The van der Waals surface area contributed by atoms with Gasteiger partial charge in [0.25, 0.3) is 0 Å². The van der Waals surface area contributed by atoms with Crippen molar-refractivity contribution in [2.75, 3.05) is 0 Å². The number of benzene rings is 2. The van der Waals surface area contributed by atoms with Gasteiger partial charge < -0.3 is 4.84 Å². The van der Waals surface area contributed by atoms with Crippen LogP contribution in [0.25, 0.3) is 21.3 Å². The maximum Gasteiger partial charge on any atom is 0.365 e. The van der Waals surface area contributed by atoms with Crippen molar-refractivity contribution >= 4 is 27.4 Å². The number of thiophene rings is 1. The normalized spacial score (nSPS) is 10.5. The molecule has 0 aliphatic heterocycles. The quantitative estimate of drug-likeness (QED) is 0.565. The standard InChI is InChI=1S/C19H11N3O2S/c20-10-14-11-22(24-19(23)13-6-2-1-3-7-13)21-18(14)16-12-25-17-9-5-4-8-15(16)17/h1-9,11-12H. The first-order valence-corrected chi connectivity index (χ1v) is 8.38. The Kier molecular flexibility index (Phi) is 3.77. The van der Waals surface area contributed by atoms with E-state index in [2.05, 4.69) is 11.2 Å². The summed E-state index contributed by atoms with van der Waals surface area (Å²) in [5, 5.41) is 16.7. The molecule has 0 saturated carbocycles. The van der Waals surface area contributed by atoms with Crippen LogP contribution in [0.5, 0.6) is 0 Å². The van der Waals surface area contributed by atoms with Crippen LogP contribution in [0.4, 0.5) is 0 Å². The molecular weight excluding hydrogens is 334 g/mol. The number of nitrogens with zero attached hydrogens (tertiary/aromatic N) is 3. The molecular formula is C19H11N3O2S. The molecule has 0 atom stereocenters. The summed E-state index contributed by atoms with van der Waals surface area (Å²) >= 11 is 1.58. The summed E-state index contributed by atoms with van der Waals surface area (Å²) in [5.41, 5.74) is 2.12. The molecule has 25 heavy (non-hydrogen) atoms. The topological polar surface area (TPSA) is 67.9 Å². The number of aromatic nitrogens is 2. The van der Waals surface area contributed by atoms with Crippen LogP contribution >= 0.6 is 11.3 Å². The number of hydrogen-bond acceptors (Lipinski definition) is 5. The van der Waals surface area contributed by atoms with E-state index in [4.69, 9.17) is 4.84 Å². The van der Waals surface area contributed by atoms with Crippen molar-refractivity contribution < 1.29 is 9.63 Å². The second-order valence-corrected chi connectivity index (χ2v) is 6.21. The highest BCUT2D eigenvalue weighted by Crippen LogP contribution is 2.34.